The highest BCUT2D eigenvalue weighted by Crippen LogP contribution is 2.30. The number of nitrogens with zero attached hydrogens (tertiary/aromatic N) is 1. The van der Waals surface area contributed by atoms with Gasteiger partial charge in [0.2, 0.25) is 0 Å². The summed E-state index contributed by atoms with van der Waals surface area (Å²) in [5, 5.41) is 9.67. The summed E-state index contributed by atoms with van der Waals surface area (Å²) in [6.07, 6.45) is 1.64. The van der Waals surface area contributed by atoms with Crippen molar-refractivity contribution in [3.05, 3.63) is 27.7 Å². The zero-order valence-electron chi connectivity index (χ0n) is 10.4. The van der Waals surface area contributed by atoms with Gasteiger partial charge in [0.05, 0.1) is 15.7 Å². The lowest BCUT2D eigenvalue weighted by atomic mass is 9.97. The van der Waals surface area contributed by atoms with Crippen LogP contribution in [0, 0.1) is 5.92 Å². The zero-order valence-corrected chi connectivity index (χ0v) is 11.9. The molecule has 1 fully saturated rings. The second-order valence-electron chi connectivity index (χ2n) is 4.77. The van der Waals surface area contributed by atoms with Crippen LogP contribution in [0.5, 0.6) is 0 Å². The summed E-state index contributed by atoms with van der Waals surface area (Å²) in [4.78, 5) is 14.1. The molecule has 1 aliphatic heterocycles. The van der Waals surface area contributed by atoms with Crippen molar-refractivity contribution < 1.29 is 9.90 Å². The van der Waals surface area contributed by atoms with E-state index in [4.69, 9.17) is 34.0 Å². The van der Waals surface area contributed by atoms with E-state index >= 15 is 0 Å². The molecule has 4 nitrogen and oxygen atoms in total. The van der Waals surface area contributed by atoms with E-state index < -0.39 is 0 Å². The molecule has 1 amide bonds. The number of halogens is 2. The summed E-state index contributed by atoms with van der Waals surface area (Å²) in [6, 6.07) is 3.09. The van der Waals surface area contributed by atoms with E-state index in [0.29, 0.717) is 40.3 Å². The lowest BCUT2D eigenvalue weighted by molar-refractivity contribution is 0.0651. The number of piperidine rings is 1. The SMILES string of the molecule is Nc1c(Cl)cc(C(=O)N2CCC(CO)CC2)cc1Cl. The van der Waals surface area contributed by atoms with Crippen molar-refractivity contribution in [2.75, 3.05) is 25.4 Å². The number of hydrogen-bond donors (Lipinski definition) is 2. The van der Waals surface area contributed by atoms with E-state index in [1.807, 2.05) is 0 Å². The summed E-state index contributed by atoms with van der Waals surface area (Å²) in [5.41, 5.74) is 6.39. The van der Waals surface area contributed by atoms with Crippen LogP contribution in [0.3, 0.4) is 0 Å². The first-order valence-electron chi connectivity index (χ1n) is 6.17. The Kier molecular flexibility index (Phi) is 4.55. The molecule has 0 spiro atoms. The highest BCUT2D eigenvalue weighted by atomic mass is 35.5. The van der Waals surface area contributed by atoms with Crippen LogP contribution in [-0.4, -0.2) is 35.6 Å². The van der Waals surface area contributed by atoms with E-state index in [1.165, 1.54) is 0 Å². The molecule has 0 aliphatic carbocycles. The fourth-order valence-electron chi connectivity index (χ4n) is 2.21. The Hall–Kier alpha value is -0.970. The van der Waals surface area contributed by atoms with E-state index in [2.05, 4.69) is 0 Å². The number of rotatable bonds is 2. The average molecular weight is 303 g/mol. The van der Waals surface area contributed by atoms with Crippen LogP contribution >= 0.6 is 23.2 Å². The predicted molar refractivity (Wildman–Crippen MR) is 76.6 cm³/mol. The maximum atomic E-state index is 12.3. The van der Waals surface area contributed by atoms with Crippen molar-refractivity contribution in [3.63, 3.8) is 0 Å². The Morgan fingerprint density at radius 3 is 2.32 bits per heavy atom. The third kappa shape index (κ3) is 3.14. The molecule has 1 aromatic rings. The summed E-state index contributed by atoms with van der Waals surface area (Å²) < 4.78 is 0. The number of aliphatic hydroxyl groups excluding tert-OH is 1. The molecule has 1 aliphatic rings. The highest BCUT2D eigenvalue weighted by Gasteiger charge is 2.24. The quantitative estimate of drug-likeness (QED) is 0.825. The molecule has 1 aromatic carbocycles. The van der Waals surface area contributed by atoms with Crippen LogP contribution < -0.4 is 5.73 Å². The molecule has 1 heterocycles. The lowest BCUT2D eigenvalue weighted by Crippen LogP contribution is -2.39. The standard InChI is InChI=1S/C13H16Cl2N2O2/c14-10-5-9(6-11(15)12(10)16)13(19)17-3-1-8(7-18)2-4-17/h5-6,8,18H,1-4,7,16H2. The maximum absolute atomic E-state index is 12.3. The third-order valence-electron chi connectivity index (χ3n) is 3.49. The summed E-state index contributed by atoms with van der Waals surface area (Å²) >= 11 is 11.9. The Morgan fingerprint density at radius 2 is 1.84 bits per heavy atom. The lowest BCUT2D eigenvalue weighted by Gasteiger charge is -2.31. The molecule has 3 N–H and O–H groups in total. The molecule has 2 rings (SSSR count). The Labute approximate surface area is 122 Å². The van der Waals surface area contributed by atoms with Crippen LogP contribution in [0.4, 0.5) is 5.69 Å². The largest absolute Gasteiger partial charge is 0.396 e. The van der Waals surface area contributed by atoms with Crippen molar-refractivity contribution >= 4 is 34.8 Å². The number of carbonyl (C=O) groups is 1. The molecule has 0 atom stereocenters. The number of amides is 1. The van der Waals surface area contributed by atoms with E-state index in [9.17, 15) is 4.79 Å². The van der Waals surface area contributed by atoms with Crippen molar-refractivity contribution in [3.8, 4) is 0 Å². The van der Waals surface area contributed by atoms with Crippen molar-refractivity contribution in [2.45, 2.75) is 12.8 Å². The summed E-state index contributed by atoms with van der Waals surface area (Å²) in [5.74, 6) is 0.197. The van der Waals surface area contributed by atoms with Gasteiger partial charge in [0.15, 0.2) is 0 Å². The molecule has 0 radical (unpaired) electrons. The van der Waals surface area contributed by atoms with Crippen LogP contribution in [0.25, 0.3) is 0 Å². The number of benzene rings is 1. The Morgan fingerprint density at radius 1 is 1.32 bits per heavy atom. The predicted octanol–water partition coefficient (Wildman–Crippen LogP) is 2.42. The minimum absolute atomic E-state index is 0.0970. The van der Waals surface area contributed by atoms with Crippen molar-refractivity contribution in [1.82, 2.24) is 4.90 Å². The fourth-order valence-corrected chi connectivity index (χ4v) is 2.70. The minimum Gasteiger partial charge on any atom is -0.396 e. The maximum Gasteiger partial charge on any atom is 0.253 e. The smallest absolute Gasteiger partial charge is 0.253 e. The molecule has 0 bridgehead atoms. The first-order chi connectivity index (χ1) is 9.02. The van der Waals surface area contributed by atoms with Gasteiger partial charge in [-0.15, -0.1) is 0 Å². The number of hydrogen-bond acceptors (Lipinski definition) is 3. The first-order valence-corrected chi connectivity index (χ1v) is 6.93. The second kappa shape index (κ2) is 5.99. The van der Waals surface area contributed by atoms with Gasteiger partial charge in [0, 0.05) is 25.3 Å². The van der Waals surface area contributed by atoms with Gasteiger partial charge in [0.25, 0.3) is 5.91 Å². The van der Waals surface area contributed by atoms with E-state index in [-0.39, 0.29) is 12.5 Å². The van der Waals surface area contributed by atoms with E-state index in [1.54, 1.807) is 17.0 Å². The number of carbonyl (C=O) groups excluding carboxylic acids is 1. The van der Waals surface area contributed by atoms with Gasteiger partial charge in [-0.1, -0.05) is 23.2 Å². The van der Waals surface area contributed by atoms with Gasteiger partial charge in [-0.3, -0.25) is 4.79 Å². The third-order valence-corrected chi connectivity index (χ3v) is 4.11. The highest BCUT2D eigenvalue weighted by molar-refractivity contribution is 6.39. The van der Waals surface area contributed by atoms with Gasteiger partial charge in [0.1, 0.15) is 0 Å². The molecule has 0 unspecified atom stereocenters. The van der Waals surface area contributed by atoms with Gasteiger partial charge in [-0.05, 0) is 30.9 Å². The summed E-state index contributed by atoms with van der Waals surface area (Å²) in [7, 11) is 0. The van der Waals surface area contributed by atoms with Gasteiger partial charge in [-0.25, -0.2) is 0 Å². The van der Waals surface area contributed by atoms with Gasteiger partial charge in [-0.2, -0.15) is 0 Å². The fraction of sp³-hybridized carbons (Fsp3) is 0.462. The number of likely N-dealkylation sites (tertiary alicyclic amines) is 1. The van der Waals surface area contributed by atoms with Crippen LogP contribution in [0.1, 0.15) is 23.2 Å². The number of nitrogen functional groups attached to an aromatic ring is 1. The topological polar surface area (TPSA) is 66.6 Å². The Bertz CT molecular complexity index is 463. The minimum atomic E-state index is -0.0970. The normalized spacial score (nSPS) is 16.7. The molecule has 0 saturated carbocycles. The van der Waals surface area contributed by atoms with Crippen molar-refractivity contribution in [1.29, 1.82) is 0 Å². The van der Waals surface area contributed by atoms with Crippen molar-refractivity contribution in [2.24, 2.45) is 5.92 Å². The summed E-state index contributed by atoms with van der Waals surface area (Å²) in [6.45, 7) is 1.47. The zero-order chi connectivity index (χ0) is 14.0. The van der Waals surface area contributed by atoms with Crippen LogP contribution in [-0.2, 0) is 0 Å². The monoisotopic (exact) mass is 302 g/mol. The number of aliphatic hydroxyl groups is 1. The first kappa shape index (κ1) is 14.4. The molecule has 0 aromatic heterocycles. The Balaban J connectivity index is 2.12. The molecule has 104 valence electrons. The number of nitrogens with two attached hydrogens (primary N) is 1. The number of anilines is 1. The molecular weight excluding hydrogens is 287 g/mol. The molecule has 1 saturated heterocycles. The molecule has 6 heteroatoms. The van der Waals surface area contributed by atoms with Crippen LogP contribution in [0.2, 0.25) is 10.0 Å². The second-order valence-corrected chi connectivity index (χ2v) is 5.59. The average Bonchev–Trinajstić information content (AvgIpc) is 2.43. The van der Waals surface area contributed by atoms with Gasteiger partial charge < -0.3 is 15.7 Å². The molecular formula is C13H16Cl2N2O2. The molecule has 19 heavy (non-hydrogen) atoms. The van der Waals surface area contributed by atoms with Gasteiger partial charge >= 0.3 is 0 Å². The van der Waals surface area contributed by atoms with Crippen LogP contribution in [0.15, 0.2) is 12.1 Å². The van der Waals surface area contributed by atoms with E-state index in [0.717, 1.165) is 12.8 Å².